The van der Waals surface area contributed by atoms with Gasteiger partial charge in [-0.05, 0) is 49.9 Å². The highest BCUT2D eigenvalue weighted by Gasteiger charge is 2.32. The number of aromatic amines is 1. The molecule has 1 saturated heterocycles. The molecule has 1 aliphatic rings. The Balaban J connectivity index is 1.83. The van der Waals surface area contributed by atoms with E-state index < -0.39 is 12.2 Å². The molecule has 2 aromatic rings. The lowest BCUT2D eigenvalue weighted by Crippen LogP contribution is -2.53. The Hall–Kier alpha value is -2.63. The van der Waals surface area contributed by atoms with Crippen LogP contribution in [0.2, 0.25) is 0 Å². The number of allylic oxidation sites excluding steroid dienone is 1. The van der Waals surface area contributed by atoms with Crippen molar-refractivity contribution in [3.05, 3.63) is 46.7 Å². The molecule has 1 fully saturated rings. The summed E-state index contributed by atoms with van der Waals surface area (Å²) in [5, 5.41) is 3.86. The number of fused-ring (bicyclic) bond motifs is 1. The normalized spacial score (nSPS) is 20.4. The van der Waals surface area contributed by atoms with Gasteiger partial charge in [0.05, 0.1) is 6.54 Å². The molecular weight excluding hydrogens is 369 g/mol. The molecule has 3 rings (SSSR count). The highest BCUT2D eigenvalue weighted by molar-refractivity contribution is 6.01. The minimum Gasteiger partial charge on any atom is -0.350 e. The van der Waals surface area contributed by atoms with Gasteiger partial charge in [0.15, 0.2) is 0 Å². The summed E-state index contributed by atoms with van der Waals surface area (Å²) >= 11 is 0. The second-order valence-electron chi connectivity index (χ2n) is 8.27. The molecule has 1 aromatic heterocycles. The van der Waals surface area contributed by atoms with Crippen molar-refractivity contribution >= 4 is 22.7 Å². The Kier molecular flexibility index (Phi) is 6.10. The number of halogens is 1. The first-order chi connectivity index (χ1) is 13.7. The zero-order chi connectivity index (χ0) is 21.3. The van der Waals surface area contributed by atoms with Crippen molar-refractivity contribution in [2.75, 3.05) is 13.1 Å². The number of hydrogen-bond acceptors (Lipinski definition) is 2. The number of piperidine rings is 1. The maximum atomic E-state index is 14.4. The van der Waals surface area contributed by atoms with Crippen LogP contribution in [0.3, 0.4) is 0 Å². The molecule has 2 amide bonds. The van der Waals surface area contributed by atoms with Crippen LogP contribution >= 0.6 is 0 Å². The van der Waals surface area contributed by atoms with E-state index in [1.807, 2.05) is 13.0 Å². The summed E-state index contributed by atoms with van der Waals surface area (Å²) in [5.41, 5.74) is 4.06. The Bertz CT molecular complexity index is 960. The predicted octanol–water partition coefficient (Wildman–Crippen LogP) is 4.23. The molecule has 6 heteroatoms. The first-order valence-electron chi connectivity index (χ1n) is 10.2. The molecular formula is C23H30FN3O2. The lowest BCUT2D eigenvalue weighted by molar-refractivity contribution is -0.118. The van der Waals surface area contributed by atoms with Gasteiger partial charge in [-0.3, -0.25) is 9.59 Å². The van der Waals surface area contributed by atoms with E-state index in [2.05, 4.69) is 36.3 Å². The van der Waals surface area contributed by atoms with Crippen molar-refractivity contribution in [1.82, 2.24) is 15.2 Å². The molecule has 2 N–H and O–H groups in total. The molecule has 0 aliphatic carbocycles. The van der Waals surface area contributed by atoms with Gasteiger partial charge in [-0.25, -0.2) is 4.39 Å². The molecule has 1 aromatic carbocycles. The van der Waals surface area contributed by atoms with Gasteiger partial charge in [0.25, 0.3) is 5.91 Å². The number of carbonyl (C=O) groups is 2. The fourth-order valence-corrected chi connectivity index (χ4v) is 3.81. The fraction of sp³-hybridized carbons (Fsp3) is 0.478. The molecule has 1 aliphatic heterocycles. The Labute approximate surface area is 171 Å². The average molecular weight is 400 g/mol. The molecule has 0 spiro atoms. The number of nitrogens with zero attached hydrogens (tertiary/aromatic N) is 1. The van der Waals surface area contributed by atoms with Crippen LogP contribution in [-0.4, -0.2) is 47.0 Å². The van der Waals surface area contributed by atoms with Crippen molar-refractivity contribution in [2.24, 2.45) is 0 Å². The molecule has 2 heterocycles. The van der Waals surface area contributed by atoms with Crippen molar-refractivity contribution in [2.45, 2.75) is 59.2 Å². The van der Waals surface area contributed by atoms with Crippen LogP contribution in [0.5, 0.6) is 0 Å². The van der Waals surface area contributed by atoms with Gasteiger partial charge in [-0.2, -0.15) is 0 Å². The largest absolute Gasteiger partial charge is 0.350 e. The monoisotopic (exact) mass is 399 g/mol. The van der Waals surface area contributed by atoms with Crippen molar-refractivity contribution in [1.29, 1.82) is 0 Å². The predicted molar refractivity (Wildman–Crippen MR) is 114 cm³/mol. The summed E-state index contributed by atoms with van der Waals surface area (Å²) in [6.45, 7) is 10.0. The number of nitrogens with one attached hydrogen (secondary N) is 2. The maximum absolute atomic E-state index is 14.4. The van der Waals surface area contributed by atoms with Crippen LogP contribution in [0.1, 0.15) is 61.6 Å². The molecule has 5 nitrogen and oxygen atoms in total. The summed E-state index contributed by atoms with van der Waals surface area (Å²) < 4.78 is 14.4. The van der Waals surface area contributed by atoms with Crippen molar-refractivity contribution in [3.8, 4) is 0 Å². The zero-order valence-corrected chi connectivity index (χ0v) is 17.8. The molecule has 156 valence electrons. The van der Waals surface area contributed by atoms with Crippen molar-refractivity contribution in [3.63, 3.8) is 0 Å². The minimum atomic E-state index is -1.17. The van der Waals surface area contributed by atoms with E-state index in [0.717, 1.165) is 16.5 Å². The second kappa shape index (κ2) is 8.39. The fourth-order valence-electron chi connectivity index (χ4n) is 3.81. The number of carbonyl (C=O) groups excluding carboxylic acids is 2. The van der Waals surface area contributed by atoms with E-state index in [9.17, 15) is 14.0 Å². The molecule has 0 saturated carbocycles. The van der Waals surface area contributed by atoms with E-state index in [4.69, 9.17) is 0 Å². The number of hydrogen-bond donors (Lipinski definition) is 2. The summed E-state index contributed by atoms with van der Waals surface area (Å²) in [4.78, 5) is 30.0. The first-order valence-corrected chi connectivity index (χ1v) is 10.2. The van der Waals surface area contributed by atoms with Gasteiger partial charge in [-0.15, -0.1) is 0 Å². The molecule has 2 atom stereocenters. The number of likely N-dealkylation sites (tertiary alicyclic amines) is 1. The number of aryl methyl sites for hydroxylation is 1. The van der Waals surface area contributed by atoms with E-state index in [1.54, 1.807) is 19.9 Å². The third kappa shape index (κ3) is 4.36. The van der Waals surface area contributed by atoms with Crippen LogP contribution < -0.4 is 5.32 Å². The maximum Gasteiger partial charge on any atom is 0.270 e. The Morgan fingerprint density at radius 2 is 2.03 bits per heavy atom. The molecule has 0 unspecified atom stereocenters. The lowest BCUT2D eigenvalue weighted by atomic mass is 10.00. The third-order valence-corrected chi connectivity index (χ3v) is 5.78. The van der Waals surface area contributed by atoms with E-state index in [0.29, 0.717) is 23.7 Å². The van der Waals surface area contributed by atoms with Crippen LogP contribution in [0.15, 0.2) is 29.8 Å². The van der Waals surface area contributed by atoms with Crippen LogP contribution in [0, 0.1) is 6.92 Å². The number of amides is 2. The molecule has 0 radical (unpaired) electrons. The number of benzene rings is 1. The Morgan fingerprint density at radius 3 is 2.69 bits per heavy atom. The van der Waals surface area contributed by atoms with Gasteiger partial charge in [-0.1, -0.05) is 26.0 Å². The second-order valence-corrected chi connectivity index (χ2v) is 8.27. The van der Waals surface area contributed by atoms with Gasteiger partial charge >= 0.3 is 0 Å². The molecule has 29 heavy (non-hydrogen) atoms. The van der Waals surface area contributed by atoms with E-state index in [1.165, 1.54) is 10.5 Å². The quantitative estimate of drug-likeness (QED) is 0.756. The highest BCUT2D eigenvalue weighted by atomic mass is 19.1. The van der Waals surface area contributed by atoms with Crippen LogP contribution in [-0.2, 0) is 4.79 Å². The SMILES string of the molecule is C/C=C(\C)C(=O)N[C@H]1C[C@@H](F)CN(C(=O)c2[nH]c3ccc(C(C)C)cc3c2C)C1. The average Bonchev–Trinajstić information content (AvgIpc) is 3.02. The smallest absolute Gasteiger partial charge is 0.270 e. The highest BCUT2D eigenvalue weighted by Crippen LogP contribution is 2.27. The van der Waals surface area contributed by atoms with E-state index >= 15 is 0 Å². The van der Waals surface area contributed by atoms with Gasteiger partial charge in [0, 0.05) is 35.5 Å². The lowest BCUT2D eigenvalue weighted by Gasteiger charge is -2.35. The minimum absolute atomic E-state index is 0.0415. The van der Waals surface area contributed by atoms with Crippen LogP contribution in [0.4, 0.5) is 4.39 Å². The van der Waals surface area contributed by atoms with E-state index in [-0.39, 0.29) is 24.8 Å². The summed E-state index contributed by atoms with van der Waals surface area (Å²) in [6.07, 6.45) is 0.768. The molecule has 0 bridgehead atoms. The van der Waals surface area contributed by atoms with Gasteiger partial charge in [0.1, 0.15) is 11.9 Å². The number of H-pyrrole nitrogens is 1. The van der Waals surface area contributed by atoms with Gasteiger partial charge < -0.3 is 15.2 Å². The number of alkyl halides is 1. The number of rotatable bonds is 4. The zero-order valence-electron chi connectivity index (χ0n) is 17.8. The Morgan fingerprint density at radius 1 is 1.31 bits per heavy atom. The van der Waals surface area contributed by atoms with Crippen LogP contribution in [0.25, 0.3) is 10.9 Å². The summed E-state index contributed by atoms with van der Waals surface area (Å²) in [7, 11) is 0. The first kappa shape index (κ1) is 21.1. The third-order valence-electron chi connectivity index (χ3n) is 5.78. The standard InChI is InChI=1S/C23H30FN3O2/c1-6-14(4)22(28)25-18-10-17(24)11-27(12-18)23(29)21-15(5)19-9-16(13(2)3)7-8-20(19)26-21/h6-9,13,17-18,26H,10-12H2,1-5H3,(H,25,28)/b14-6+/t17-,18+/m1/s1. The van der Waals surface area contributed by atoms with Crippen molar-refractivity contribution < 1.29 is 14.0 Å². The van der Waals surface area contributed by atoms with Gasteiger partial charge in [0.2, 0.25) is 5.91 Å². The summed E-state index contributed by atoms with van der Waals surface area (Å²) in [5.74, 6) is -0.0524. The number of aromatic nitrogens is 1. The topological polar surface area (TPSA) is 65.2 Å². The summed E-state index contributed by atoms with van der Waals surface area (Å²) in [6, 6.07) is 5.76.